The Morgan fingerprint density at radius 3 is 2.94 bits per heavy atom. The van der Waals surface area contributed by atoms with E-state index >= 15 is 0 Å². The maximum absolute atomic E-state index is 12.0. The molecule has 0 saturated heterocycles. The van der Waals surface area contributed by atoms with Crippen LogP contribution < -0.4 is 16.6 Å². The summed E-state index contributed by atoms with van der Waals surface area (Å²) in [6.07, 6.45) is 3.12. The zero-order chi connectivity index (χ0) is 13.0. The first-order chi connectivity index (χ1) is 8.72. The molecule has 1 atom stereocenters. The van der Waals surface area contributed by atoms with Crippen molar-refractivity contribution in [1.82, 2.24) is 10.3 Å². The highest BCUT2D eigenvalue weighted by atomic mass is 16.3. The largest absolute Gasteiger partial charge is 0.467 e. The average Bonchev–Trinajstić information content (AvgIpc) is 2.92. The number of nitrogen functional groups attached to an aromatic ring is 1. The van der Waals surface area contributed by atoms with Gasteiger partial charge in [0, 0.05) is 6.20 Å². The first kappa shape index (κ1) is 12.1. The van der Waals surface area contributed by atoms with Gasteiger partial charge in [0.15, 0.2) is 5.82 Å². The molecule has 0 aromatic carbocycles. The number of nitrogens with zero attached hydrogens (tertiary/aromatic N) is 1. The number of hydrogen-bond acceptors (Lipinski definition) is 5. The molecule has 0 spiro atoms. The average molecular weight is 246 g/mol. The number of furan rings is 1. The highest BCUT2D eigenvalue weighted by Gasteiger charge is 2.16. The molecule has 0 aliphatic rings. The van der Waals surface area contributed by atoms with Crippen molar-refractivity contribution in [2.45, 2.75) is 13.0 Å². The fourth-order valence-electron chi connectivity index (χ4n) is 1.59. The van der Waals surface area contributed by atoms with E-state index < -0.39 is 0 Å². The minimum atomic E-state index is -0.264. The third kappa shape index (κ3) is 2.49. The van der Waals surface area contributed by atoms with E-state index in [0.29, 0.717) is 17.1 Å². The Labute approximate surface area is 104 Å². The van der Waals surface area contributed by atoms with Crippen LogP contribution in [0.5, 0.6) is 0 Å². The molecule has 4 N–H and O–H groups in total. The fourth-order valence-corrected chi connectivity index (χ4v) is 1.59. The highest BCUT2D eigenvalue weighted by Crippen LogP contribution is 2.15. The fraction of sp³-hybridized carbons (Fsp3) is 0.167. The lowest BCUT2D eigenvalue weighted by Crippen LogP contribution is -2.28. The molecule has 1 unspecified atom stereocenters. The minimum Gasteiger partial charge on any atom is -0.467 e. The quantitative estimate of drug-likeness (QED) is 0.561. The number of hydrazine groups is 1. The zero-order valence-electron chi connectivity index (χ0n) is 9.88. The van der Waals surface area contributed by atoms with Crippen LogP contribution in [-0.4, -0.2) is 10.9 Å². The standard InChI is InChI=1S/C12H14N4O2/c1-8(10-5-3-7-18-10)15-12(17)9-4-2-6-14-11(9)16-13/h2-8H,13H2,1H3,(H,14,16)(H,15,17). The third-order valence-corrected chi connectivity index (χ3v) is 2.51. The van der Waals surface area contributed by atoms with Crippen molar-refractivity contribution in [2.75, 3.05) is 5.43 Å². The molecule has 2 heterocycles. The Morgan fingerprint density at radius 2 is 2.28 bits per heavy atom. The van der Waals surface area contributed by atoms with Gasteiger partial charge in [0.2, 0.25) is 0 Å². The van der Waals surface area contributed by atoms with E-state index in [1.807, 2.05) is 6.92 Å². The first-order valence-electron chi connectivity index (χ1n) is 5.48. The van der Waals surface area contributed by atoms with Gasteiger partial charge in [0.05, 0.1) is 17.9 Å². The molecule has 94 valence electrons. The number of amides is 1. The molecule has 2 rings (SSSR count). The topological polar surface area (TPSA) is 93.2 Å². The van der Waals surface area contributed by atoms with Crippen LogP contribution in [0.3, 0.4) is 0 Å². The molecule has 0 saturated carbocycles. The molecule has 6 nitrogen and oxygen atoms in total. The highest BCUT2D eigenvalue weighted by molar-refractivity contribution is 5.98. The first-order valence-corrected chi connectivity index (χ1v) is 5.48. The van der Waals surface area contributed by atoms with Crippen LogP contribution >= 0.6 is 0 Å². The second-order valence-corrected chi connectivity index (χ2v) is 3.75. The summed E-state index contributed by atoms with van der Waals surface area (Å²) < 4.78 is 5.22. The number of aromatic nitrogens is 1. The summed E-state index contributed by atoms with van der Waals surface area (Å²) in [5.41, 5.74) is 2.78. The maximum Gasteiger partial charge on any atom is 0.255 e. The molecule has 2 aromatic heterocycles. The van der Waals surface area contributed by atoms with Gasteiger partial charge in [0.1, 0.15) is 5.76 Å². The number of nitrogens with two attached hydrogens (primary N) is 1. The normalized spacial score (nSPS) is 11.9. The SMILES string of the molecule is CC(NC(=O)c1cccnc1NN)c1ccco1. The van der Waals surface area contributed by atoms with Gasteiger partial charge in [-0.1, -0.05) is 0 Å². The molecule has 18 heavy (non-hydrogen) atoms. The second-order valence-electron chi connectivity index (χ2n) is 3.75. The summed E-state index contributed by atoms with van der Waals surface area (Å²) in [5.74, 6) is 6.06. The van der Waals surface area contributed by atoms with Crippen molar-refractivity contribution in [3.05, 3.63) is 48.0 Å². The van der Waals surface area contributed by atoms with E-state index in [1.54, 1.807) is 36.7 Å². The van der Waals surface area contributed by atoms with Crippen molar-refractivity contribution in [3.8, 4) is 0 Å². The summed E-state index contributed by atoms with van der Waals surface area (Å²) in [7, 11) is 0. The number of pyridine rings is 1. The van der Waals surface area contributed by atoms with E-state index in [9.17, 15) is 4.79 Å². The maximum atomic E-state index is 12.0. The molecular weight excluding hydrogens is 232 g/mol. The van der Waals surface area contributed by atoms with Gasteiger partial charge in [-0.3, -0.25) is 4.79 Å². The summed E-state index contributed by atoms with van der Waals surface area (Å²) in [5, 5.41) is 2.81. The Kier molecular flexibility index (Phi) is 3.59. The van der Waals surface area contributed by atoms with Crippen molar-refractivity contribution in [3.63, 3.8) is 0 Å². The second kappa shape index (κ2) is 5.33. The predicted octanol–water partition coefficient (Wildman–Crippen LogP) is 1.45. The van der Waals surface area contributed by atoms with Crippen LogP contribution in [0.4, 0.5) is 5.82 Å². The van der Waals surface area contributed by atoms with Crippen molar-refractivity contribution in [2.24, 2.45) is 5.84 Å². The number of carbonyl (C=O) groups excluding carboxylic acids is 1. The number of rotatable bonds is 4. The lowest BCUT2D eigenvalue weighted by atomic mass is 10.2. The Morgan fingerprint density at radius 1 is 1.44 bits per heavy atom. The Bertz CT molecular complexity index is 525. The van der Waals surface area contributed by atoms with Crippen molar-refractivity contribution in [1.29, 1.82) is 0 Å². The van der Waals surface area contributed by atoms with Crippen LogP contribution in [0.1, 0.15) is 29.1 Å². The molecule has 2 aromatic rings. The minimum absolute atomic E-state index is 0.224. The molecule has 6 heteroatoms. The van der Waals surface area contributed by atoms with Gasteiger partial charge in [-0.15, -0.1) is 0 Å². The van der Waals surface area contributed by atoms with Crippen molar-refractivity contribution < 1.29 is 9.21 Å². The predicted molar refractivity (Wildman–Crippen MR) is 66.6 cm³/mol. The van der Waals surface area contributed by atoms with E-state index in [2.05, 4.69) is 15.7 Å². The van der Waals surface area contributed by atoms with Gasteiger partial charge >= 0.3 is 0 Å². The van der Waals surface area contributed by atoms with Crippen LogP contribution in [0, 0.1) is 0 Å². The summed E-state index contributed by atoms with van der Waals surface area (Å²) >= 11 is 0. The summed E-state index contributed by atoms with van der Waals surface area (Å²) in [6.45, 7) is 1.84. The van der Waals surface area contributed by atoms with Gasteiger partial charge < -0.3 is 15.2 Å². The molecule has 0 aliphatic carbocycles. The van der Waals surface area contributed by atoms with Crippen LogP contribution in [0.25, 0.3) is 0 Å². The lowest BCUT2D eigenvalue weighted by Gasteiger charge is -2.12. The zero-order valence-corrected chi connectivity index (χ0v) is 9.88. The van der Waals surface area contributed by atoms with Gasteiger partial charge in [-0.25, -0.2) is 10.8 Å². The lowest BCUT2D eigenvalue weighted by molar-refractivity contribution is 0.0936. The van der Waals surface area contributed by atoms with Crippen molar-refractivity contribution >= 4 is 11.7 Å². The summed E-state index contributed by atoms with van der Waals surface area (Å²) in [4.78, 5) is 16.0. The Balaban J connectivity index is 2.12. The summed E-state index contributed by atoms with van der Waals surface area (Å²) in [6, 6.07) is 6.67. The molecule has 0 radical (unpaired) electrons. The molecule has 0 fully saturated rings. The molecule has 1 amide bonds. The number of anilines is 1. The van der Waals surface area contributed by atoms with E-state index in [0.717, 1.165) is 0 Å². The van der Waals surface area contributed by atoms with Gasteiger partial charge in [-0.2, -0.15) is 0 Å². The number of hydrogen-bond donors (Lipinski definition) is 3. The van der Waals surface area contributed by atoms with Crippen LogP contribution in [-0.2, 0) is 0 Å². The van der Waals surface area contributed by atoms with Crippen LogP contribution in [0.15, 0.2) is 41.1 Å². The van der Waals surface area contributed by atoms with E-state index in [4.69, 9.17) is 10.3 Å². The van der Waals surface area contributed by atoms with E-state index in [-0.39, 0.29) is 11.9 Å². The van der Waals surface area contributed by atoms with Crippen LogP contribution in [0.2, 0.25) is 0 Å². The molecular formula is C12H14N4O2. The number of nitrogens with one attached hydrogen (secondary N) is 2. The molecule has 0 bridgehead atoms. The van der Waals surface area contributed by atoms with Gasteiger partial charge in [-0.05, 0) is 31.2 Å². The van der Waals surface area contributed by atoms with E-state index in [1.165, 1.54) is 0 Å². The molecule has 0 aliphatic heterocycles. The third-order valence-electron chi connectivity index (χ3n) is 2.51. The Hall–Kier alpha value is -2.34. The monoisotopic (exact) mass is 246 g/mol. The smallest absolute Gasteiger partial charge is 0.255 e. The van der Waals surface area contributed by atoms with Gasteiger partial charge in [0.25, 0.3) is 5.91 Å². The number of carbonyl (C=O) groups is 1.